The predicted octanol–water partition coefficient (Wildman–Crippen LogP) is 4.16. The van der Waals surface area contributed by atoms with Crippen LogP contribution in [-0.2, 0) is 11.4 Å². The summed E-state index contributed by atoms with van der Waals surface area (Å²) in [5.74, 6) is 0.808. The van der Waals surface area contributed by atoms with Gasteiger partial charge in [-0.2, -0.15) is 0 Å². The number of carbonyl (C=O) groups excluding carboxylic acids is 1. The van der Waals surface area contributed by atoms with Crippen molar-refractivity contribution in [2.75, 3.05) is 25.0 Å². The van der Waals surface area contributed by atoms with E-state index in [0.29, 0.717) is 13.2 Å². The third-order valence-corrected chi connectivity index (χ3v) is 4.39. The fraction of sp³-hybridized carbons (Fsp3) is 0.381. The Morgan fingerprint density at radius 3 is 2.36 bits per heavy atom. The molecule has 1 amide bonds. The molecule has 25 heavy (non-hydrogen) atoms. The van der Waals surface area contributed by atoms with E-state index in [1.165, 1.54) is 0 Å². The lowest BCUT2D eigenvalue weighted by atomic mass is 10.1. The topological polar surface area (TPSA) is 41.6 Å². The second-order valence-electron chi connectivity index (χ2n) is 6.16. The number of hydrogen-bond acceptors (Lipinski definition) is 3. The Morgan fingerprint density at radius 2 is 1.72 bits per heavy atom. The second kappa shape index (κ2) is 9.23. The highest BCUT2D eigenvalue weighted by atomic mass is 16.5. The first kappa shape index (κ1) is 19.0. The van der Waals surface area contributed by atoms with Gasteiger partial charge in [-0.05, 0) is 44.1 Å². The van der Waals surface area contributed by atoms with E-state index in [1.54, 1.807) is 0 Å². The van der Waals surface area contributed by atoms with Gasteiger partial charge in [-0.3, -0.25) is 9.69 Å². The van der Waals surface area contributed by atoms with Crippen LogP contribution >= 0.6 is 0 Å². The number of likely N-dealkylation sites (N-methyl/N-ethyl adjacent to an activating group) is 1. The number of rotatable bonds is 8. The average molecular weight is 340 g/mol. The fourth-order valence-corrected chi connectivity index (χ4v) is 2.74. The first-order chi connectivity index (χ1) is 12.0. The molecule has 134 valence electrons. The van der Waals surface area contributed by atoms with Crippen LogP contribution in [0.15, 0.2) is 42.5 Å². The summed E-state index contributed by atoms with van der Waals surface area (Å²) in [5, 5.41) is 3.06. The molecule has 0 aliphatic carbocycles. The van der Waals surface area contributed by atoms with Crippen molar-refractivity contribution < 1.29 is 9.53 Å². The molecule has 0 atom stereocenters. The van der Waals surface area contributed by atoms with Crippen molar-refractivity contribution in [2.45, 2.75) is 34.3 Å². The van der Waals surface area contributed by atoms with Crippen LogP contribution in [0.5, 0.6) is 5.75 Å². The zero-order valence-corrected chi connectivity index (χ0v) is 15.6. The number of benzene rings is 2. The van der Waals surface area contributed by atoms with E-state index in [0.717, 1.165) is 41.2 Å². The molecule has 0 aliphatic heterocycles. The molecule has 0 spiro atoms. The highest BCUT2D eigenvalue weighted by Gasteiger charge is 2.13. The van der Waals surface area contributed by atoms with E-state index in [2.05, 4.69) is 24.1 Å². The lowest BCUT2D eigenvalue weighted by molar-refractivity contribution is -0.117. The maximum Gasteiger partial charge on any atom is 0.238 e. The maximum absolute atomic E-state index is 12.3. The lowest BCUT2D eigenvalue weighted by Crippen LogP contribution is -2.33. The smallest absolute Gasteiger partial charge is 0.238 e. The Labute approximate surface area is 150 Å². The number of ether oxygens (including phenoxy) is 1. The summed E-state index contributed by atoms with van der Waals surface area (Å²) in [6, 6.07) is 14.0. The van der Waals surface area contributed by atoms with Gasteiger partial charge in [-0.25, -0.2) is 0 Å². The van der Waals surface area contributed by atoms with Crippen molar-refractivity contribution in [3.05, 3.63) is 59.2 Å². The third kappa shape index (κ3) is 5.33. The Hall–Kier alpha value is -2.33. The standard InChI is InChI=1S/C21H28N2O2/c1-5-23(6-2)14-20(24)22-21-16(3)12-13-19(17(21)4)25-15-18-10-8-7-9-11-18/h7-13H,5-6,14-15H2,1-4H3,(H,22,24). The summed E-state index contributed by atoms with van der Waals surface area (Å²) in [5.41, 5.74) is 3.97. The van der Waals surface area contributed by atoms with Gasteiger partial charge >= 0.3 is 0 Å². The van der Waals surface area contributed by atoms with E-state index in [-0.39, 0.29) is 5.91 Å². The van der Waals surface area contributed by atoms with Crippen LogP contribution in [0, 0.1) is 13.8 Å². The van der Waals surface area contributed by atoms with E-state index >= 15 is 0 Å². The third-order valence-electron chi connectivity index (χ3n) is 4.39. The van der Waals surface area contributed by atoms with Crippen molar-refractivity contribution in [3.63, 3.8) is 0 Å². The quantitative estimate of drug-likeness (QED) is 0.784. The van der Waals surface area contributed by atoms with Crippen LogP contribution in [-0.4, -0.2) is 30.4 Å². The van der Waals surface area contributed by atoms with Crippen molar-refractivity contribution >= 4 is 11.6 Å². The van der Waals surface area contributed by atoms with Crippen molar-refractivity contribution in [1.82, 2.24) is 4.90 Å². The van der Waals surface area contributed by atoms with Gasteiger partial charge < -0.3 is 10.1 Å². The minimum atomic E-state index is 0.00936. The molecular weight excluding hydrogens is 312 g/mol. The zero-order valence-electron chi connectivity index (χ0n) is 15.6. The fourth-order valence-electron chi connectivity index (χ4n) is 2.74. The first-order valence-corrected chi connectivity index (χ1v) is 8.84. The molecule has 0 unspecified atom stereocenters. The molecule has 0 heterocycles. The summed E-state index contributed by atoms with van der Waals surface area (Å²) in [4.78, 5) is 14.4. The van der Waals surface area contributed by atoms with Crippen LogP contribution in [0.2, 0.25) is 0 Å². The molecule has 1 N–H and O–H groups in total. The molecule has 0 bridgehead atoms. The Bertz CT molecular complexity index is 695. The number of nitrogens with zero attached hydrogens (tertiary/aromatic N) is 1. The monoisotopic (exact) mass is 340 g/mol. The molecule has 4 nitrogen and oxygen atoms in total. The van der Waals surface area contributed by atoms with Gasteiger partial charge in [0.05, 0.1) is 12.2 Å². The molecule has 2 aromatic carbocycles. The predicted molar refractivity (Wildman–Crippen MR) is 103 cm³/mol. The molecule has 2 aromatic rings. The Balaban J connectivity index is 2.09. The minimum Gasteiger partial charge on any atom is -0.489 e. The van der Waals surface area contributed by atoms with Gasteiger partial charge in [0.15, 0.2) is 0 Å². The SMILES string of the molecule is CCN(CC)CC(=O)Nc1c(C)ccc(OCc2ccccc2)c1C. The molecule has 0 radical (unpaired) electrons. The number of anilines is 1. The Morgan fingerprint density at radius 1 is 1.04 bits per heavy atom. The molecular formula is C21H28N2O2. The molecule has 2 rings (SSSR count). The number of aryl methyl sites for hydroxylation is 1. The van der Waals surface area contributed by atoms with Gasteiger partial charge in [0.25, 0.3) is 0 Å². The number of nitrogens with one attached hydrogen (secondary N) is 1. The second-order valence-corrected chi connectivity index (χ2v) is 6.16. The largest absolute Gasteiger partial charge is 0.489 e. The van der Waals surface area contributed by atoms with Gasteiger partial charge in [0, 0.05) is 5.56 Å². The number of carbonyl (C=O) groups is 1. The summed E-state index contributed by atoms with van der Waals surface area (Å²) in [6.07, 6.45) is 0. The highest BCUT2D eigenvalue weighted by molar-refractivity contribution is 5.94. The Kier molecular flexibility index (Phi) is 7.02. The van der Waals surface area contributed by atoms with Gasteiger partial charge in [0.2, 0.25) is 5.91 Å². The van der Waals surface area contributed by atoms with Gasteiger partial charge in [0.1, 0.15) is 12.4 Å². The molecule has 0 fully saturated rings. The normalized spacial score (nSPS) is 10.8. The summed E-state index contributed by atoms with van der Waals surface area (Å²) >= 11 is 0. The number of hydrogen-bond donors (Lipinski definition) is 1. The lowest BCUT2D eigenvalue weighted by Gasteiger charge is -2.20. The van der Waals surface area contributed by atoms with E-state index in [9.17, 15) is 4.79 Å². The molecule has 0 aliphatic rings. The highest BCUT2D eigenvalue weighted by Crippen LogP contribution is 2.29. The summed E-state index contributed by atoms with van der Waals surface area (Å²) < 4.78 is 5.96. The van der Waals surface area contributed by atoms with E-state index in [1.807, 2.05) is 56.3 Å². The number of amides is 1. The maximum atomic E-state index is 12.3. The van der Waals surface area contributed by atoms with Gasteiger partial charge in [-0.15, -0.1) is 0 Å². The van der Waals surface area contributed by atoms with Gasteiger partial charge in [-0.1, -0.05) is 50.2 Å². The van der Waals surface area contributed by atoms with Crippen LogP contribution in [0.4, 0.5) is 5.69 Å². The van der Waals surface area contributed by atoms with Crippen LogP contribution in [0.25, 0.3) is 0 Å². The first-order valence-electron chi connectivity index (χ1n) is 8.84. The molecule has 0 saturated carbocycles. The van der Waals surface area contributed by atoms with Crippen molar-refractivity contribution in [3.8, 4) is 5.75 Å². The van der Waals surface area contributed by atoms with Crippen molar-refractivity contribution in [2.24, 2.45) is 0 Å². The van der Waals surface area contributed by atoms with E-state index < -0.39 is 0 Å². The van der Waals surface area contributed by atoms with Crippen LogP contribution in [0.3, 0.4) is 0 Å². The van der Waals surface area contributed by atoms with E-state index in [4.69, 9.17) is 4.74 Å². The minimum absolute atomic E-state index is 0.00936. The van der Waals surface area contributed by atoms with Crippen LogP contribution in [0.1, 0.15) is 30.5 Å². The zero-order chi connectivity index (χ0) is 18.2. The van der Waals surface area contributed by atoms with Crippen molar-refractivity contribution in [1.29, 1.82) is 0 Å². The molecule has 4 heteroatoms. The van der Waals surface area contributed by atoms with Crippen LogP contribution < -0.4 is 10.1 Å². The molecule has 0 aromatic heterocycles. The summed E-state index contributed by atoms with van der Waals surface area (Å²) in [7, 11) is 0. The molecule has 0 saturated heterocycles. The summed E-state index contributed by atoms with van der Waals surface area (Å²) in [6.45, 7) is 10.8. The average Bonchev–Trinajstić information content (AvgIpc) is 2.63.